The fourth-order valence-corrected chi connectivity index (χ4v) is 2.00. The van der Waals surface area contributed by atoms with E-state index in [4.69, 9.17) is 27.9 Å². The van der Waals surface area contributed by atoms with Gasteiger partial charge in [-0.1, -0.05) is 18.5 Å². The number of benzene rings is 2. The molecule has 0 aromatic heterocycles. The molecule has 0 spiro atoms. The average molecular weight is 369 g/mol. The van der Waals surface area contributed by atoms with Crippen LogP contribution in [0.25, 0.3) is 0 Å². The molecule has 0 amide bonds. The van der Waals surface area contributed by atoms with Gasteiger partial charge in [0.05, 0.1) is 28.5 Å². The molecular formula is C22H30O4. The van der Waals surface area contributed by atoms with E-state index in [1.807, 2.05) is 0 Å². The van der Waals surface area contributed by atoms with Crippen LogP contribution in [0.2, 0.25) is 0 Å². The Kier molecular flexibility index (Phi) is 3.96. The third-order valence-corrected chi connectivity index (χ3v) is 3.58. The van der Waals surface area contributed by atoms with Gasteiger partial charge >= 0.3 is 0 Å². The van der Waals surface area contributed by atoms with Crippen LogP contribution >= 0.6 is 0 Å². The highest BCUT2D eigenvalue weighted by Gasteiger charge is 2.07. The molecule has 0 bridgehead atoms. The summed E-state index contributed by atoms with van der Waals surface area (Å²) < 4.78 is 97.3. The van der Waals surface area contributed by atoms with E-state index in [-0.39, 0.29) is 47.0 Å². The molecule has 1 N–H and O–H groups in total. The summed E-state index contributed by atoms with van der Waals surface area (Å²) in [6.45, 7) is 2.49. The monoisotopic (exact) mass is 368 g/mol. The van der Waals surface area contributed by atoms with Crippen LogP contribution in [0.5, 0.6) is 17.2 Å². The van der Waals surface area contributed by atoms with Crippen LogP contribution in [0.3, 0.4) is 0 Å². The van der Waals surface area contributed by atoms with Crippen LogP contribution in [-0.2, 0) is 6.42 Å². The molecule has 0 aliphatic heterocycles. The summed E-state index contributed by atoms with van der Waals surface area (Å²) in [5.74, 6) is -0.545. The molecule has 4 heteroatoms. The molecule has 0 saturated heterocycles. The van der Waals surface area contributed by atoms with E-state index in [2.05, 4.69) is 0 Å². The van der Waals surface area contributed by atoms with Gasteiger partial charge < -0.3 is 19.3 Å². The molecule has 0 aliphatic carbocycles. The van der Waals surface area contributed by atoms with Crippen molar-refractivity contribution in [2.24, 2.45) is 0 Å². The van der Waals surface area contributed by atoms with Gasteiger partial charge in [-0.25, -0.2) is 0 Å². The summed E-state index contributed by atoms with van der Waals surface area (Å²) in [4.78, 5) is 0. The maximum Gasteiger partial charge on any atom is 0.160 e. The maximum absolute atomic E-state index is 10.5. The first-order chi connectivity index (χ1) is 16.5. The Balaban J connectivity index is 2.25. The number of hydrogen-bond donors (Lipinski definition) is 1. The lowest BCUT2D eigenvalue weighted by Crippen LogP contribution is -2.17. The van der Waals surface area contributed by atoms with Crippen molar-refractivity contribution < 1.29 is 33.0 Å². The van der Waals surface area contributed by atoms with Crippen molar-refractivity contribution in [1.29, 1.82) is 0 Å². The number of methoxy groups -OCH3 is 2. The Morgan fingerprint density at radius 2 is 1.81 bits per heavy atom. The minimum atomic E-state index is -2.54. The fraction of sp³-hybridized carbons (Fsp3) is 0.455. The van der Waals surface area contributed by atoms with Crippen molar-refractivity contribution in [1.82, 2.24) is 0 Å². The third kappa shape index (κ3) is 5.95. The molecule has 2 rings (SSSR count). The van der Waals surface area contributed by atoms with Crippen molar-refractivity contribution in [2.45, 2.75) is 45.5 Å². The van der Waals surface area contributed by atoms with E-state index in [1.54, 1.807) is 13.8 Å². The van der Waals surface area contributed by atoms with Gasteiger partial charge in [0.1, 0.15) is 12.4 Å². The molecule has 4 nitrogen and oxygen atoms in total. The van der Waals surface area contributed by atoms with E-state index < -0.39 is 50.4 Å². The second-order valence-electron chi connectivity index (χ2n) is 5.51. The predicted octanol–water partition coefficient (Wildman–Crippen LogP) is 4.47. The number of aliphatic hydroxyl groups is 1. The Hall–Kier alpha value is -2.20. The molecule has 1 atom stereocenters. The highest BCUT2D eigenvalue weighted by Crippen LogP contribution is 2.28. The molecule has 0 heterocycles. The lowest BCUT2D eigenvalue weighted by Gasteiger charge is -2.13. The van der Waals surface area contributed by atoms with Crippen molar-refractivity contribution in [2.75, 3.05) is 20.8 Å². The molecule has 0 aliphatic rings. The van der Waals surface area contributed by atoms with Crippen LogP contribution in [0.1, 0.15) is 49.6 Å². The van der Waals surface area contributed by atoms with Crippen molar-refractivity contribution in [3.63, 3.8) is 0 Å². The van der Waals surface area contributed by atoms with Crippen molar-refractivity contribution >= 4 is 0 Å². The minimum absolute atomic E-state index is 0.135. The summed E-state index contributed by atoms with van der Waals surface area (Å²) in [5, 5.41) is 10.5. The first-order valence-corrected chi connectivity index (χ1v) is 8.09. The zero-order chi connectivity index (χ0) is 27.7. The average Bonchev–Trinajstić information content (AvgIpc) is 2.80. The summed E-state index contributed by atoms with van der Waals surface area (Å²) in [7, 11) is 2.50. The lowest BCUT2D eigenvalue weighted by atomic mass is 10.0. The maximum atomic E-state index is 10.5. The Morgan fingerprint density at radius 1 is 1.04 bits per heavy atom. The number of aliphatic hydroxyl groups excluding tert-OH is 1. The third-order valence-electron chi connectivity index (χ3n) is 3.58. The van der Waals surface area contributed by atoms with Gasteiger partial charge in [0.15, 0.2) is 11.5 Å². The van der Waals surface area contributed by atoms with Crippen LogP contribution in [0.4, 0.5) is 0 Å². The van der Waals surface area contributed by atoms with E-state index >= 15 is 0 Å². The van der Waals surface area contributed by atoms with Crippen LogP contribution in [0.15, 0.2) is 36.3 Å². The van der Waals surface area contributed by atoms with E-state index in [0.29, 0.717) is 11.1 Å². The van der Waals surface area contributed by atoms with Gasteiger partial charge in [0.25, 0.3) is 0 Å². The summed E-state index contributed by atoms with van der Waals surface area (Å²) >= 11 is 0. The van der Waals surface area contributed by atoms with Gasteiger partial charge in [0, 0.05) is 5.48 Å². The Morgan fingerprint density at radius 3 is 2.54 bits per heavy atom. The zero-order valence-electron chi connectivity index (χ0n) is 25.4. The summed E-state index contributed by atoms with van der Waals surface area (Å²) in [5.41, 5.74) is 0.691. The van der Waals surface area contributed by atoms with E-state index in [1.165, 1.54) is 14.2 Å². The normalized spacial score (nSPS) is 18.5. The highest BCUT2D eigenvalue weighted by molar-refractivity contribution is 5.42. The SMILES string of the molecule is [2H]c1c([2H])c(OCC(O)C([2H])([2H])CC([2H])([2H])Cc2c([2H])c([2H])c(OC)c(OC)c2[2H])c([2H])c(C)c1C. The lowest BCUT2D eigenvalue weighted by molar-refractivity contribution is 0.0976. The standard InChI is InChI=1S/C22H30O4/c1-16-9-11-20(13-17(16)2)26-15-19(23)8-6-5-7-18-10-12-21(24-3)22(14-18)25-4/h9-14,19,23H,5-8,15H2,1-4H3/i5D2,8D2,9D,10D,11D,12D,13D,14D. The molecule has 142 valence electrons. The number of rotatable bonds is 10. The minimum Gasteiger partial charge on any atom is -0.493 e. The Labute approximate surface area is 170 Å². The fourth-order valence-electron chi connectivity index (χ4n) is 2.00. The quantitative estimate of drug-likeness (QED) is 0.672. The number of ether oxygens (including phenoxy) is 3. The predicted molar refractivity (Wildman–Crippen MR) is 105 cm³/mol. The van der Waals surface area contributed by atoms with Gasteiger partial charge in [-0.2, -0.15) is 0 Å². The highest BCUT2D eigenvalue weighted by atomic mass is 16.5. The molecule has 0 fully saturated rings. The summed E-state index contributed by atoms with van der Waals surface area (Å²) in [6, 6.07) is -1.85. The van der Waals surface area contributed by atoms with Crippen LogP contribution in [-0.4, -0.2) is 32.0 Å². The van der Waals surface area contributed by atoms with E-state index in [9.17, 15) is 5.11 Å². The smallest absolute Gasteiger partial charge is 0.160 e. The molecule has 1 unspecified atom stereocenters. The van der Waals surface area contributed by atoms with Gasteiger partial charge in [-0.15, -0.1) is 0 Å². The molecule has 0 radical (unpaired) electrons. The van der Waals surface area contributed by atoms with E-state index in [0.717, 1.165) is 0 Å². The first kappa shape index (κ1) is 10.2. The molecule has 2 aromatic rings. The molecule has 0 saturated carbocycles. The number of hydrogen-bond acceptors (Lipinski definition) is 4. The molecular weight excluding hydrogens is 328 g/mol. The molecule has 2 aromatic carbocycles. The van der Waals surface area contributed by atoms with Crippen LogP contribution in [0, 0.1) is 13.8 Å². The van der Waals surface area contributed by atoms with Crippen molar-refractivity contribution in [3.05, 3.63) is 52.9 Å². The Bertz CT molecular complexity index is 1110. The first-order valence-electron chi connectivity index (χ1n) is 13.1. The summed E-state index contributed by atoms with van der Waals surface area (Å²) in [6.07, 6.45) is -8.19. The second kappa shape index (κ2) is 10.1. The molecule has 26 heavy (non-hydrogen) atoms. The van der Waals surface area contributed by atoms with Gasteiger partial charge in [0.2, 0.25) is 0 Å². The van der Waals surface area contributed by atoms with Gasteiger partial charge in [-0.3, -0.25) is 0 Å². The van der Waals surface area contributed by atoms with Crippen molar-refractivity contribution in [3.8, 4) is 17.2 Å². The van der Waals surface area contributed by atoms with Crippen LogP contribution < -0.4 is 14.2 Å². The second-order valence-corrected chi connectivity index (χ2v) is 5.51. The largest absolute Gasteiger partial charge is 0.493 e. The zero-order valence-corrected chi connectivity index (χ0v) is 15.4. The topological polar surface area (TPSA) is 47.9 Å². The van der Waals surface area contributed by atoms with Gasteiger partial charge in [-0.05, 0) is 73.9 Å².